The van der Waals surface area contributed by atoms with Crippen molar-refractivity contribution in [2.24, 2.45) is 0 Å². The van der Waals surface area contributed by atoms with E-state index >= 15 is 0 Å². The van der Waals surface area contributed by atoms with Crippen molar-refractivity contribution in [2.45, 2.75) is 26.4 Å². The van der Waals surface area contributed by atoms with Crippen molar-refractivity contribution >= 4 is 33.0 Å². The fraction of sp³-hybridized carbons (Fsp3) is 0.304. The number of anilines is 1. The second kappa shape index (κ2) is 9.56. The van der Waals surface area contributed by atoms with Crippen LogP contribution in [0.15, 0.2) is 58.5 Å². The molecule has 0 radical (unpaired) electrons. The van der Waals surface area contributed by atoms with Crippen LogP contribution < -0.4 is 4.72 Å². The zero-order valence-corrected chi connectivity index (χ0v) is 20.5. The smallest absolute Gasteiger partial charge is 0.266 e. The fourth-order valence-corrected chi connectivity index (χ4v) is 5.24. The topological polar surface area (TPSA) is 138 Å². The van der Waals surface area contributed by atoms with Crippen LogP contribution in [0.25, 0.3) is 11.3 Å². The van der Waals surface area contributed by atoms with Gasteiger partial charge in [-0.25, -0.2) is 22.8 Å². The maximum absolute atomic E-state index is 14.0. The molecule has 3 aromatic rings. The molecule has 0 saturated heterocycles. The van der Waals surface area contributed by atoms with Crippen molar-refractivity contribution in [1.82, 2.24) is 19.9 Å². The Balaban J connectivity index is 2.00. The minimum atomic E-state index is -4.37. The number of carbonyl (C=O) groups excluding carboxylic acids is 1. The van der Waals surface area contributed by atoms with Gasteiger partial charge >= 0.3 is 0 Å². The number of hydrogen-bond donors (Lipinski definition) is 1. The van der Waals surface area contributed by atoms with Crippen molar-refractivity contribution in [3.63, 3.8) is 0 Å². The highest BCUT2D eigenvalue weighted by atomic mass is 32.2. The average Bonchev–Trinajstić information content (AvgIpc) is 3.47. The summed E-state index contributed by atoms with van der Waals surface area (Å²) in [4.78, 5) is 17.3. The SMILES string of the molecule is COCCOC1(C)C(=O)C=C(c2ccccc2)C(S(=O)(=O)Nc2onc(C)c2C)=C1n1cncn1. The van der Waals surface area contributed by atoms with Gasteiger partial charge in [-0.3, -0.25) is 4.79 Å². The zero-order chi connectivity index (χ0) is 25.2. The van der Waals surface area contributed by atoms with Gasteiger partial charge in [0.25, 0.3) is 10.0 Å². The molecule has 184 valence electrons. The van der Waals surface area contributed by atoms with Gasteiger partial charge in [-0.05, 0) is 32.4 Å². The molecule has 0 spiro atoms. The number of benzene rings is 1. The van der Waals surface area contributed by atoms with Gasteiger partial charge in [0.05, 0.1) is 18.9 Å². The first-order chi connectivity index (χ1) is 16.7. The molecule has 0 saturated carbocycles. The molecule has 1 aliphatic carbocycles. The molecule has 2 aromatic heterocycles. The summed E-state index contributed by atoms with van der Waals surface area (Å²) in [6.45, 7) is 5.12. The second-order valence-corrected chi connectivity index (χ2v) is 9.63. The Morgan fingerprint density at radius 3 is 2.51 bits per heavy atom. The second-order valence-electron chi connectivity index (χ2n) is 8.01. The van der Waals surface area contributed by atoms with Crippen LogP contribution in [0.5, 0.6) is 0 Å². The summed E-state index contributed by atoms with van der Waals surface area (Å²) in [6, 6.07) is 8.72. The molecule has 11 nitrogen and oxygen atoms in total. The Morgan fingerprint density at radius 1 is 1.17 bits per heavy atom. The number of aryl methyl sites for hydroxylation is 1. The predicted octanol–water partition coefficient (Wildman–Crippen LogP) is 2.58. The van der Waals surface area contributed by atoms with E-state index < -0.39 is 21.4 Å². The normalized spacial score (nSPS) is 18.6. The highest BCUT2D eigenvalue weighted by molar-refractivity contribution is 7.97. The van der Waals surface area contributed by atoms with Gasteiger partial charge in [0.2, 0.25) is 5.88 Å². The third-order valence-corrected chi connectivity index (χ3v) is 7.13. The molecule has 1 N–H and O–H groups in total. The summed E-state index contributed by atoms with van der Waals surface area (Å²) in [7, 11) is -2.87. The molecular formula is C23H25N5O6S. The van der Waals surface area contributed by atoms with Gasteiger partial charge in [-0.15, -0.1) is 0 Å². The quantitative estimate of drug-likeness (QED) is 0.440. The minimum absolute atomic E-state index is 0.0150. The number of rotatable bonds is 9. The summed E-state index contributed by atoms with van der Waals surface area (Å²) >= 11 is 0. The number of hydrogen-bond acceptors (Lipinski definition) is 9. The molecule has 12 heteroatoms. The number of sulfonamides is 1. The third kappa shape index (κ3) is 4.55. The molecule has 35 heavy (non-hydrogen) atoms. The van der Waals surface area contributed by atoms with E-state index in [4.69, 9.17) is 14.0 Å². The van der Waals surface area contributed by atoms with Crippen LogP contribution in [-0.4, -0.2) is 60.0 Å². The summed E-state index contributed by atoms with van der Waals surface area (Å²) < 4.78 is 47.9. The monoisotopic (exact) mass is 499 g/mol. The standard InChI is InChI=1S/C23H25N5O6S/c1-15-16(2)26-34-22(15)27-35(30,31)20-18(17-8-6-5-7-9-17)12-19(29)23(3,33-11-10-32-4)21(20)28-14-24-13-25-28/h5-9,12-14,27H,10-11H2,1-4H3. The molecule has 1 unspecified atom stereocenters. The average molecular weight is 500 g/mol. The number of allylic oxidation sites excluding steroid dienone is 1. The third-order valence-electron chi connectivity index (χ3n) is 5.72. The van der Waals surface area contributed by atoms with Crippen LogP contribution in [0.4, 0.5) is 5.88 Å². The number of nitrogens with one attached hydrogen (secondary N) is 1. The van der Waals surface area contributed by atoms with Crippen LogP contribution in [0, 0.1) is 13.8 Å². The van der Waals surface area contributed by atoms with Crippen LogP contribution in [0.1, 0.15) is 23.7 Å². The largest absolute Gasteiger partial charge is 0.382 e. The first-order valence-electron chi connectivity index (χ1n) is 10.7. The van der Waals surface area contributed by atoms with Crippen LogP contribution >= 0.6 is 0 Å². The molecule has 0 bridgehead atoms. The molecule has 2 heterocycles. The number of nitrogens with zero attached hydrogens (tertiary/aromatic N) is 4. The van der Waals surface area contributed by atoms with Gasteiger partial charge in [0.1, 0.15) is 23.3 Å². The van der Waals surface area contributed by atoms with Crippen molar-refractivity contribution in [3.05, 3.63) is 70.8 Å². The molecule has 1 aliphatic rings. The number of carbonyl (C=O) groups is 1. The number of ether oxygens (including phenoxy) is 2. The lowest BCUT2D eigenvalue weighted by Crippen LogP contribution is -2.45. The summed E-state index contributed by atoms with van der Waals surface area (Å²) in [5, 5.41) is 7.98. The van der Waals surface area contributed by atoms with Crippen LogP contribution in [0.3, 0.4) is 0 Å². The summed E-state index contributed by atoms with van der Waals surface area (Å²) in [6.07, 6.45) is 3.83. The number of aromatic nitrogens is 4. The van der Waals surface area contributed by atoms with Crippen molar-refractivity contribution in [1.29, 1.82) is 0 Å². The molecule has 1 atom stereocenters. The highest BCUT2D eigenvalue weighted by Gasteiger charge is 2.48. The van der Waals surface area contributed by atoms with Crippen molar-refractivity contribution in [3.8, 4) is 0 Å². The molecule has 4 rings (SSSR count). The molecular weight excluding hydrogens is 474 g/mol. The van der Waals surface area contributed by atoms with E-state index in [-0.39, 0.29) is 35.3 Å². The van der Waals surface area contributed by atoms with E-state index in [1.165, 1.54) is 37.4 Å². The van der Waals surface area contributed by atoms with E-state index in [0.717, 1.165) is 0 Å². The maximum atomic E-state index is 14.0. The highest BCUT2D eigenvalue weighted by Crippen LogP contribution is 2.43. The zero-order valence-electron chi connectivity index (χ0n) is 19.7. The Kier molecular flexibility index (Phi) is 6.70. The minimum Gasteiger partial charge on any atom is -0.382 e. The first kappa shape index (κ1) is 24.5. The van der Waals surface area contributed by atoms with E-state index in [0.29, 0.717) is 16.8 Å². The Bertz CT molecular complexity index is 1390. The van der Waals surface area contributed by atoms with Gasteiger partial charge in [-0.2, -0.15) is 5.10 Å². The molecule has 0 fully saturated rings. The van der Waals surface area contributed by atoms with E-state index in [9.17, 15) is 13.2 Å². The Labute approximate surface area is 202 Å². The van der Waals surface area contributed by atoms with Gasteiger partial charge in [0.15, 0.2) is 11.4 Å². The fourth-order valence-electron chi connectivity index (χ4n) is 3.70. The summed E-state index contributed by atoms with van der Waals surface area (Å²) in [5.41, 5.74) is 0.0460. The summed E-state index contributed by atoms with van der Waals surface area (Å²) in [5.74, 6) is -0.483. The Hall–Kier alpha value is -3.61. The lowest BCUT2D eigenvalue weighted by atomic mass is 9.86. The van der Waals surface area contributed by atoms with Crippen LogP contribution in [-0.2, 0) is 24.3 Å². The van der Waals surface area contributed by atoms with Gasteiger partial charge in [-0.1, -0.05) is 35.5 Å². The maximum Gasteiger partial charge on any atom is 0.266 e. The Morgan fingerprint density at radius 2 is 1.91 bits per heavy atom. The lowest BCUT2D eigenvalue weighted by molar-refractivity contribution is -0.132. The van der Waals surface area contributed by atoms with E-state index in [2.05, 4.69) is 20.0 Å². The van der Waals surface area contributed by atoms with E-state index in [1.54, 1.807) is 44.2 Å². The predicted molar refractivity (Wildman–Crippen MR) is 127 cm³/mol. The first-order valence-corrected chi connectivity index (χ1v) is 12.2. The molecule has 0 amide bonds. The van der Waals surface area contributed by atoms with Crippen LogP contribution in [0.2, 0.25) is 0 Å². The number of ketones is 1. The lowest BCUT2D eigenvalue weighted by Gasteiger charge is -2.35. The van der Waals surface area contributed by atoms with Gasteiger partial charge in [0, 0.05) is 18.2 Å². The molecule has 1 aromatic carbocycles. The van der Waals surface area contributed by atoms with Crippen molar-refractivity contribution < 1.29 is 27.2 Å². The molecule has 0 aliphatic heterocycles. The van der Waals surface area contributed by atoms with Crippen molar-refractivity contribution in [2.75, 3.05) is 25.0 Å². The van der Waals surface area contributed by atoms with Gasteiger partial charge < -0.3 is 14.0 Å². The number of methoxy groups -OCH3 is 1. The van der Waals surface area contributed by atoms with E-state index in [1.807, 2.05) is 0 Å².